The minimum atomic E-state index is -0.265. The van der Waals surface area contributed by atoms with E-state index in [4.69, 9.17) is 4.74 Å². The quantitative estimate of drug-likeness (QED) is 0.825. The molecule has 2 N–H and O–H groups in total. The highest BCUT2D eigenvalue weighted by molar-refractivity contribution is 5.80. The zero-order chi connectivity index (χ0) is 12.1. The van der Waals surface area contributed by atoms with Crippen molar-refractivity contribution in [1.82, 2.24) is 5.32 Å². The second-order valence-electron chi connectivity index (χ2n) is 4.21. The van der Waals surface area contributed by atoms with E-state index >= 15 is 0 Å². The molecule has 0 saturated carbocycles. The number of rotatable bonds is 4. The van der Waals surface area contributed by atoms with Crippen molar-refractivity contribution in [1.29, 1.82) is 0 Å². The third-order valence-electron chi connectivity index (χ3n) is 2.85. The summed E-state index contributed by atoms with van der Waals surface area (Å²) in [5.41, 5.74) is 1.01. The molecule has 1 amide bonds. The number of carbonyl (C=O) groups excluding carboxylic acids is 1. The molecule has 1 aromatic rings. The molecule has 17 heavy (non-hydrogen) atoms. The number of aromatic hydroxyl groups is 1. The Labute approximate surface area is 101 Å². The van der Waals surface area contributed by atoms with Crippen LogP contribution in [0.2, 0.25) is 0 Å². The van der Waals surface area contributed by atoms with Crippen molar-refractivity contribution in [2.75, 3.05) is 13.2 Å². The van der Waals surface area contributed by atoms with Crippen molar-refractivity contribution in [3.8, 4) is 5.75 Å². The summed E-state index contributed by atoms with van der Waals surface area (Å²) in [7, 11) is 0. The lowest BCUT2D eigenvalue weighted by molar-refractivity contribution is -0.129. The molecule has 1 saturated heterocycles. The largest absolute Gasteiger partial charge is 0.508 e. The average molecular weight is 235 g/mol. The third kappa shape index (κ3) is 3.46. The Kier molecular flexibility index (Phi) is 3.98. The Bertz CT molecular complexity index is 386. The van der Waals surface area contributed by atoms with Gasteiger partial charge in [-0.25, -0.2) is 0 Å². The molecule has 2 rings (SSSR count). The summed E-state index contributed by atoms with van der Waals surface area (Å²) in [5.74, 6) is 0.232. The van der Waals surface area contributed by atoms with E-state index in [9.17, 15) is 9.90 Å². The number of phenols is 1. The Morgan fingerprint density at radius 2 is 2.41 bits per heavy atom. The molecule has 1 unspecified atom stereocenters. The third-order valence-corrected chi connectivity index (χ3v) is 2.85. The number of nitrogens with one attached hydrogen (secondary N) is 1. The lowest BCUT2D eigenvalue weighted by Crippen LogP contribution is -2.35. The number of ether oxygens (including phenoxy) is 1. The molecule has 1 fully saturated rings. The van der Waals surface area contributed by atoms with Gasteiger partial charge in [0.2, 0.25) is 5.91 Å². The lowest BCUT2D eigenvalue weighted by Gasteiger charge is -2.10. The highest BCUT2D eigenvalue weighted by atomic mass is 16.5. The van der Waals surface area contributed by atoms with Crippen molar-refractivity contribution in [2.24, 2.45) is 0 Å². The van der Waals surface area contributed by atoms with Crippen LogP contribution in [-0.4, -0.2) is 30.3 Å². The van der Waals surface area contributed by atoms with Crippen molar-refractivity contribution in [2.45, 2.75) is 25.4 Å². The number of benzene rings is 1. The molecule has 1 aromatic carbocycles. The number of carbonyl (C=O) groups is 1. The SMILES string of the molecule is O=C(NCCc1cccc(O)c1)C1CCCO1. The van der Waals surface area contributed by atoms with Crippen LogP contribution < -0.4 is 5.32 Å². The van der Waals surface area contributed by atoms with E-state index < -0.39 is 0 Å². The second-order valence-corrected chi connectivity index (χ2v) is 4.21. The van der Waals surface area contributed by atoms with E-state index in [1.165, 1.54) is 0 Å². The van der Waals surface area contributed by atoms with E-state index in [-0.39, 0.29) is 17.8 Å². The van der Waals surface area contributed by atoms with Crippen LogP contribution in [0.1, 0.15) is 18.4 Å². The van der Waals surface area contributed by atoms with Gasteiger partial charge in [0, 0.05) is 13.2 Å². The zero-order valence-corrected chi connectivity index (χ0v) is 9.69. The average Bonchev–Trinajstić information content (AvgIpc) is 2.82. The molecule has 92 valence electrons. The van der Waals surface area contributed by atoms with Gasteiger partial charge in [0.15, 0.2) is 0 Å². The summed E-state index contributed by atoms with van der Waals surface area (Å²) < 4.78 is 5.28. The summed E-state index contributed by atoms with van der Waals surface area (Å²) in [6.07, 6.45) is 2.23. The smallest absolute Gasteiger partial charge is 0.249 e. The Hall–Kier alpha value is -1.55. The minimum Gasteiger partial charge on any atom is -0.508 e. The fourth-order valence-electron chi connectivity index (χ4n) is 1.94. The van der Waals surface area contributed by atoms with Crippen LogP contribution in [0.25, 0.3) is 0 Å². The van der Waals surface area contributed by atoms with Gasteiger partial charge < -0.3 is 15.2 Å². The summed E-state index contributed by atoms with van der Waals surface area (Å²) in [6, 6.07) is 7.07. The minimum absolute atomic E-state index is 0.0253. The van der Waals surface area contributed by atoms with E-state index in [1.54, 1.807) is 18.2 Å². The predicted molar refractivity (Wildman–Crippen MR) is 63.8 cm³/mol. The maximum Gasteiger partial charge on any atom is 0.249 e. The Balaban J connectivity index is 1.73. The summed E-state index contributed by atoms with van der Waals surface area (Å²) >= 11 is 0. The molecule has 4 nitrogen and oxygen atoms in total. The molecule has 0 spiro atoms. The molecule has 0 aromatic heterocycles. The lowest BCUT2D eigenvalue weighted by atomic mass is 10.1. The second kappa shape index (κ2) is 5.68. The standard InChI is InChI=1S/C13H17NO3/c15-11-4-1-3-10(9-11)6-7-14-13(16)12-5-2-8-17-12/h1,3-4,9,12,15H,2,5-8H2,(H,14,16). The van der Waals surface area contributed by atoms with Crippen LogP contribution in [0.5, 0.6) is 5.75 Å². The number of hydrogen-bond acceptors (Lipinski definition) is 3. The van der Waals surface area contributed by atoms with Crippen molar-refractivity contribution < 1.29 is 14.6 Å². The first-order valence-corrected chi connectivity index (χ1v) is 5.93. The molecule has 0 radical (unpaired) electrons. The van der Waals surface area contributed by atoms with Gasteiger partial charge in [0.1, 0.15) is 11.9 Å². The molecule has 1 heterocycles. The van der Waals surface area contributed by atoms with E-state index in [0.717, 1.165) is 18.4 Å². The van der Waals surface area contributed by atoms with Gasteiger partial charge in [-0.3, -0.25) is 4.79 Å². The van der Waals surface area contributed by atoms with Gasteiger partial charge in [-0.15, -0.1) is 0 Å². The fraction of sp³-hybridized carbons (Fsp3) is 0.462. The topological polar surface area (TPSA) is 58.6 Å². The molecular formula is C13H17NO3. The molecular weight excluding hydrogens is 218 g/mol. The molecule has 1 atom stereocenters. The number of hydrogen-bond donors (Lipinski definition) is 2. The zero-order valence-electron chi connectivity index (χ0n) is 9.69. The highest BCUT2D eigenvalue weighted by Gasteiger charge is 2.22. The first kappa shape index (κ1) is 11.9. The van der Waals surface area contributed by atoms with Gasteiger partial charge in [-0.1, -0.05) is 12.1 Å². The first-order valence-electron chi connectivity index (χ1n) is 5.93. The van der Waals surface area contributed by atoms with Crippen molar-refractivity contribution in [3.05, 3.63) is 29.8 Å². The van der Waals surface area contributed by atoms with Crippen LogP contribution in [0.4, 0.5) is 0 Å². The van der Waals surface area contributed by atoms with Gasteiger partial charge >= 0.3 is 0 Å². The van der Waals surface area contributed by atoms with E-state index in [1.807, 2.05) is 6.07 Å². The van der Waals surface area contributed by atoms with E-state index in [0.29, 0.717) is 19.6 Å². The normalized spacial score (nSPS) is 19.2. The van der Waals surface area contributed by atoms with Gasteiger partial charge in [-0.2, -0.15) is 0 Å². The highest BCUT2D eigenvalue weighted by Crippen LogP contribution is 2.12. The maximum atomic E-state index is 11.6. The van der Waals surface area contributed by atoms with Crippen LogP contribution in [0.3, 0.4) is 0 Å². The monoisotopic (exact) mass is 235 g/mol. The van der Waals surface area contributed by atoms with Crippen LogP contribution in [0.15, 0.2) is 24.3 Å². The molecule has 0 bridgehead atoms. The molecule has 4 heteroatoms. The Morgan fingerprint density at radius 1 is 1.53 bits per heavy atom. The summed E-state index contributed by atoms with van der Waals surface area (Å²) in [6.45, 7) is 1.26. The maximum absolute atomic E-state index is 11.6. The van der Waals surface area contributed by atoms with Crippen LogP contribution in [0, 0.1) is 0 Å². The van der Waals surface area contributed by atoms with Gasteiger partial charge in [-0.05, 0) is 37.0 Å². The molecule has 1 aliphatic rings. The molecule has 1 aliphatic heterocycles. The van der Waals surface area contributed by atoms with Crippen molar-refractivity contribution in [3.63, 3.8) is 0 Å². The van der Waals surface area contributed by atoms with Gasteiger partial charge in [0.25, 0.3) is 0 Å². The summed E-state index contributed by atoms with van der Waals surface area (Å²) in [5, 5.41) is 12.1. The number of amides is 1. The molecule has 0 aliphatic carbocycles. The van der Waals surface area contributed by atoms with Crippen LogP contribution >= 0.6 is 0 Å². The fourth-order valence-corrected chi connectivity index (χ4v) is 1.94. The van der Waals surface area contributed by atoms with Crippen molar-refractivity contribution >= 4 is 5.91 Å². The van der Waals surface area contributed by atoms with E-state index in [2.05, 4.69) is 5.32 Å². The first-order chi connectivity index (χ1) is 8.25. The van der Waals surface area contributed by atoms with Gasteiger partial charge in [0.05, 0.1) is 0 Å². The predicted octanol–water partition coefficient (Wildman–Crippen LogP) is 1.23. The Morgan fingerprint density at radius 3 is 3.12 bits per heavy atom. The number of phenolic OH excluding ortho intramolecular Hbond substituents is 1. The van der Waals surface area contributed by atoms with Crippen LogP contribution in [-0.2, 0) is 16.0 Å². The summed E-state index contributed by atoms with van der Waals surface area (Å²) in [4.78, 5) is 11.6.